The first-order chi connectivity index (χ1) is 15.6. The van der Waals surface area contributed by atoms with Crippen molar-refractivity contribution in [3.63, 3.8) is 0 Å². The van der Waals surface area contributed by atoms with E-state index < -0.39 is 17.6 Å². The molecule has 0 atom stereocenters. The Morgan fingerprint density at radius 2 is 1.33 bits per heavy atom. The molecule has 178 valence electrons. The van der Waals surface area contributed by atoms with E-state index in [2.05, 4.69) is 24.3 Å². The predicted molar refractivity (Wildman–Crippen MR) is 131 cm³/mol. The number of carbonyl (C=O) groups is 2. The van der Waals surface area contributed by atoms with Crippen molar-refractivity contribution in [1.82, 2.24) is 4.90 Å². The van der Waals surface area contributed by atoms with Gasteiger partial charge in [-0.3, -0.25) is 4.90 Å². The summed E-state index contributed by atoms with van der Waals surface area (Å²) in [6.45, 7) is 11.9. The van der Waals surface area contributed by atoms with Gasteiger partial charge in [-0.15, -0.1) is 0 Å². The number of carboxylic acids is 1. The van der Waals surface area contributed by atoms with Gasteiger partial charge in [0.25, 0.3) is 0 Å². The van der Waals surface area contributed by atoms with E-state index in [-0.39, 0.29) is 30.4 Å². The number of fused-ring (bicyclic) bond motifs is 3. The van der Waals surface area contributed by atoms with Gasteiger partial charge in [0.05, 0.1) is 0 Å². The molecule has 0 bridgehead atoms. The monoisotopic (exact) mass is 451 g/mol. The van der Waals surface area contributed by atoms with E-state index in [0.29, 0.717) is 12.8 Å². The van der Waals surface area contributed by atoms with Crippen molar-refractivity contribution in [2.75, 3.05) is 6.61 Å². The number of rotatable bonds is 9. The number of carbonyl (C=O) groups excluding carboxylic acids is 1. The average Bonchev–Trinajstić information content (AvgIpc) is 3.04. The first-order valence-electron chi connectivity index (χ1n) is 12.0. The number of amides is 1. The van der Waals surface area contributed by atoms with E-state index in [1.807, 2.05) is 65.8 Å². The Balaban J connectivity index is 1.91. The molecular formula is C28H37NO4. The molecule has 2 aromatic rings. The number of aliphatic carboxylic acids is 1. The van der Waals surface area contributed by atoms with Crippen molar-refractivity contribution in [3.8, 4) is 11.1 Å². The molecule has 0 saturated carbocycles. The maximum atomic E-state index is 13.5. The summed E-state index contributed by atoms with van der Waals surface area (Å²) in [7, 11) is 0. The van der Waals surface area contributed by atoms with Crippen LogP contribution in [0.4, 0.5) is 4.79 Å². The lowest BCUT2D eigenvalue weighted by Crippen LogP contribution is -2.61. The highest BCUT2D eigenvalue weighted by atomic mass is 16.6. The number of benzene rings is 2. The minimum atomic E-state index is -1.31. The highest BCUT2D eigenvalue weighted by Crippen LogP contribution is 2.44. The van der Waals surface area contributed by atoms with Crippen LogP contribution in [-0.4, -0.2) is 40.3 Å². The normalized spacial score (nSPS) is 13.4. The molecule has 0 radical (unpaired) electrons. The second kappa shape index (κ2) is 9.98. The molecule has 5 heteroatoms. The Hall–Kier alpha value is -2.82. The van der Waals surface area contributed by atoms with Crippen LogP contribution in [0.5, 0.6) is 0 Å². The molecule has 0 aromatic heterocycles. The van der Waals surface area contributed by atoms with Crippen LogP contribution in [-0.2, 0) is 9.53 Å². The third-order valence-corrected chi connectivity index (χ3v) is 6.40. The summed E-state index contributed by atoms with van der Waals surface area (Å²) in [6.07, 6.45) is 0.196. The molecule has 0 fully saturated rings. The van der Waals surface area contributed by atoms with Crippen LogP contribution >= 0.6 is 0 Å². The second-order valence-electron chi connectivity index (χ2n) is 10.3. The van der Waals surface area contributed by atoms with Gasteiger partial charge < -0.3 is 9.84 Å². The topological polar surface area (TPSA) is 66.8 Å². The fourth-order valence-electron chi connectivity index (χ4n) is 5.45. The molecule has 0 spiro atoms. The van der Waals surface area contributed by atoms with Crippen LogP contribution in [0.25, 0.3) is 11.1 Å². The summed E-state index contributed by atoms with van der Waals surface area (Å²) in [6, 6.07) is 16.1. The van der Waals surface area contributed by atoms with Gasteiger partial charge in [0, 0.05) is 12.0 Å². The minimum Gasteiger partial charge on any atom is -0.479 e. The van der Waals surface area contributed by atoms with Crippen molar-refractivity contribution in [2.24, 2.45) is 11.8 Å². The number of nitrogens with zero attached hydrogens (tertiary/aromatic N) is 1. The molecule has 0 saturated heterocycles. The zero-order chi connectivity index (χ0) is 24.3. The summed E-state index contributed by atoms with van der Waals surface area (Å²) in [5, 5.41) is 10.4. The molecule has 2 aromatic carbocycles. The van der Waals surface area contributed by atoms with E-state index in [9.17, 15) is 14.7 Å². The molecule has 5 nitrogen and oxygen atoms in total. The number of carboxylic acid groups (broad SMARTS) is 1. The quantitative estimate of drug-likeness (QED) is 0.469. The van der Waals surface area contributed by atoms with E-state index in [0.717, 1.165) is 22.3 Å². The molecule has 1 amide bonds. The van der Waals surface area contributed by atoms with Gasteiger partial charge >= 0.3 is 12.1 Å². The van der Waals surface area contributed by atoms with Crippen molar-refractivity contribution < 1.29 is 19.4 Å². The average molecular weight is 452 g/mol. The molecule has 3 rings (SSSR count). The van der Waals surface area contributed by atoms with Crippen molar-refractivity contribution in [1.29, 1.82) is 0 Å². The molecular weight excluding hydrogens is 414 g/mol. The highest BCUT2D eigenvalue weighted by Gasteiger charge is 2.49. The molecule has 0 unspecified atom stereocenters. The van der Waals surface area contributed by atoms with E-state index in [1.165, 1.54) is 4.90 Å². The lowest BCUT2D eigenvalue weighted by atomic mass is 9.79. The van der Waals surface area contributed by atoms with Gasteiger partial charge in [0.15, 0.2) is 0 Å². The Morgan fingerprint density at radius 3 is 1.73 bits per heavy atom. The molecule has 1 aliphatic carbocycles. The second-order valence-corrected chi connectivity index (χ2v) is 10.3. The summed E-state index contributed by atoms with van der Waals surface area (Å²) in [5.74, 6) is -0.804. The van der Waals surface area contributed by atoms with Gasteiger partial charge in [-0.25, -0.2) is 9.59 Å². The maximum Gasteiger partial charge on any atom is 0.410 e. The largest absolute Gasteiger partial charge is 0.479 e. The van der Waals surface area contributed by atoms with Gasteiger partial charge in [-0.2, -0.15) is 0 Å². The molecule has 1 aliphatic rings. The molecule has 1 N–H and O–H groups in total. The summed E-state index contributed by atoms with van der Waals surface area (Å²) < 4.78 is 5.91. The molecule has 33 heavy (non-hydrogen) atoms. The van der Waals surface area contributed by atoms with Gasteiger partial charge in [-0.1, -0.05) is 76.2 Å². The lowest BCUT2D eigenvalue weighted by molar-refractivity contribution is -0.154. The Labute approximate surface area is 197 Å². The first kappa shape index (κ1) is 24.8. The minimum absolute atomic E-state index is 0.0650. The van der Waals surface area contributed by atoms with Crippen LogP contribution in [0, 0.1) is 11.8 Å². The van der Waals surface area contributed by atoms with Gasteiger partial charge in [0.1, 0.15) is 12.1 Å². The maximum absolute atomic E-state index is 13.5. The van der Waals surface area contributed by atoms with E-state index >= 15 is 0 Å². The van der Waals surface area contributed by atoms with Crippen LogP contribution in [0.15, 0.2) is 48.5 Å². The zero-order valence-electron chi connectivity index (χ0n) is 20.7. The van der Waals surface area contributed by atoms with Crippen LogP contribution in [0.1, 0.15) is 71.4 Å². The first-order valence-corrected chi connectivity index (χ1v) is 12.0. The Kier molecular flexibility index (Phi) is 7.51. The van der Waals surface area contributed by atoms with Crippen LogP contribution in [0.2, 0.25) is 0 Å². The predicted octanol–water partition coefficient (Wildman–Crippen LogP) is 6.56. The van der Waals surface area contributed by atoms with E-state index in [1.54, 1.807) is 0 Å². The SMILES string of the molecule is CC(C)CC(CC(C)C)(C(=O)O)N(C(=O)OCC1c2ccccc2-c2ccccc21)C(C)C. The van der Waals surface area contributed by atoms with E-state index in [4.69, 9.17) is 4.74 Å². The van der Waals surface area contributed by atoms with Crippen molar-refractivity contribution in [2.45, 2.75) is 71.9 Å². The Morgan fingerprint density at radius 1 is 0.879 bits per heavy atom. The smallest absolute Gasteiger partial charge is 0.410 e. The standard InChI is InChI=1S/C28H37NO4/c1-18(2)15-28(26(30)31,16-19(3)4)29(20(5)6)27(32)33-17-25-23-13-9-7-11-21(23)22-12-8-10-14-24(22)25/h7-14,18-20,25H,15-17H2,1-6H3,(H,30,31). The molecule has 0 aliphatic heterocycles. The zero-order valence-corrected chi connectivity index (χ0v) is 20.7. The number of hydrogen-bond acceptors (Lipinski definition) is 3. The van der Waals surface area contributed by atoms with Crippen molar-refractivity contribution in [3.05, 3.63) is 59.7 Å². The molecule has 0 heterocycles. The lowest BCUT2D eigenvalue weighted by Gasteiger charge is -2.44. The third-order valence-electron chi connectivity index (χ3n) is 6.40. The van der Waals surface area contributed by atoms with Crippen molar-refractivity contribution >= 4 is 12.1 Å². The van der Waals surface area contributed by atoms with Crippen LogP contribution in [0.3, 0.4) is 0 Å². The fourth-order valence-corrected chi connectivity index (χ4v) is 5.45. The summed E-state index contributed by atoms with van der Waals surface area (Å²) in [5.41, 5.74) is 3.29. The summed E-state index contributed by atoms with van der Waals surface area (Å²) in [4.78, 5) is 27.7. The number of hydrogen-bond donors (Lipinski definition) is 1. The van der Waals surface area contributed by atoms with Gasteiger partial charge in [-0.05, 0) is 60.8 Å². The highest BCUT2D eigenvalue weighted by molar-refractivity contribution is 5.85. The number of ether oxygens (including phenoxy) is 1. The fraction of sp³-hybridized carbons (Fsp3) is 0.500. The van der Waals surface area contributed by atoms with Crippen LogP contribution < -0.4 is 0 Å². The van der Waals surface area contributed by atoms with Gasteiger partial charge in [0.2, 0.25) is 0 Å². The Bertz CT molecular complexity index is 939. The summed E-state index contributed by atoms with van der Waals surface area (Å²) >= 11 is 0. The third kappa shape index (κ3) is 4.92.